The van der Waals surface area contributed by atoms with Crippen molar-refractivity contribution in [1.82, 2.24) is 10.2 Å². The first-order valence-corrected chi connectivity index (χ1v) is 7.97. The van der Waals surface area contributed by atoms with Gasteiger partial charge in [-0.15, -0.1) is 0 Å². The summed E-state index contributed by atoms with van der Waals surface area (Å²) < 4.78 is 0. The largest absolute Gasteiger partial charge is 0.352 e. The van der Waals surface area contributed by atoms with Crippen LogP contribution in [0.25, 0.3) is 0 Å². The number of nitrogens with two attached hydrogens (primary N) is 1. The van der Waals surface area contributed by atoms with Crippen molar-refractivity contribution in [2.45, 2.75) is 71.9 Å². The van der Waals surface area contributed by atoms with Crippen LogP contribution in [-0.4, -0.2) is 41.4 Å². The van der Waals surface area contributed by atoms with Crippen LogP contribution in [0.2, 0.25) is 0 Å². The van der Waals surface area contributed by atoms with Gasteiger partial charge < -0.3 is 16.0 Å². The summed E-state index contributed by atoms with van der Waals surface area (Å²) in [7, 11) is 0. The molecule has 1 saturated heterocycles. The van der Waals surface area contributed by atoms with Crippen LogP contribution >= 0.6 is 0 Å². The molecule has 1 unspecified atom stereocenters. The summed E-state index contributed by atoms with van der Waals surface area (Å²) in [4.78, 5) is 26.3. The molecule has 0 bridgehead atoms. The zero-order valence-corrected chi connectivity index (χ0v) is 14.2. The van der Waals surface area contributed by atoms with Crippen LogP contribution in [0.5, 0.6) is 0 Å². The van der Waals surface area contributed by atoms with Crippen LogP contribution in [0.4, 0.5) is 0 Å². The third kappa shape index (κ3) is 4.99. The van der Waals surface area contributed by atoms with Gasteiger partial charge in [0.25, 0.3) is 0 Å². The minimum atomic E-state index is -0.798. The predicted octanol–water partition coefficient (Wildman–Crippen LogP) is 1.66. The zero-order valence-electron chi connectivity index (χ0n) is 14.2. The second-order valence-electron chi connectivity index (χ2n) is 7.46. The van der Waals surface area contributed by atoms with Crippen LogP contribution in [0.15, 0.2) is 0 Å². The fraction of sp³-hybridized carbons (Fsp3) is 0.875. The van der Waals surface area contributed by atoms with Gasteiger partial charge in [0.15, 0.2) is 0 Å². The highest BCUT2D eigenvalue weighted by molar-refractivity contribution is 5.86. The van der Waals surface area contributed by atoms with Crippen LogP contribution < -0.4 is 11.1 Å². The normalized spacial score (nSPS) is 20.0. The minimum absolute atomic E-state index is 0.0788. The molecule has 2 amide bonds. The number of nitrogens with zero attached hydrogens (tertiary/aromatic N) is 1. The summed E-state index contributed by atoms with van der Waals surface area (Å²) in [6.45, 7) is 11.0. The van der Waals surface area contributed by atoms with Crippen LogP contribution in [0.1, 0.15) is 60.3 Å². The summed E-state index contributed by atoms with van der Waals surface area (Å²) in [5.41, 5.74) is 4.91. The number of nitrogens with one attached hydrogen (secondary N) is 1. The van der Waals surface area contributed by atoms with E-state index < -0.39 is 5.54 Å². The molecule has 0 saturated carbocycles. The molecule has 0 aromatic heterocycles. The summed E-state index contributed by atoms with van der Waals surface area (Å²) in [6, 6.07) is 0.126. The van der Waals surface area contributed by atoms with E-state index in [1.54, 1.807) is 6.92 Å². The van der Waals surface area contributed by atoms with Crippen LogP contribution in [0.3, 0.4) is 0 Å². The van der Waals surface area contributed by atoms with Crippen LogP contribution in [-0.2, 0) is 9.59 Å². The number of hydrogen-bond acceptors (Lipinski definition) is 3. The van der Waals surface area contributed by atoms with Crippen molar-refractivity contribution in [3.63, 3.8) is 0 Å². The van der Waals surface area contributed by atoms with E-state index in [-0.39, 0.29) is 23.3 Å². The summed E-state index contributed by atoms with van der Waals surface area (Å²) >= 11 is 0. The predicted molar refractivity (Wildman–Crippen MR) is 84.7 cm³/mol. The van der Waals surface area contributed by atoms with Gasteiger partial charge in [0.1, 0.15) is 0 Å². The third-order valence-corrected chi connectivity index (χ3v) is 4.05. The summed E-state index contributed by atoms with van der Waals surface area (Å²) in [6.07, 6.45) is 3.17. The van der Waals surface area contributed by atoms with Gasteiger partial charge >= 0.3 is 0 Å². The van der Waals surface area contributed by atoms with Crippen molar-refractivity contribution in [2.24, 2.45) is 11.1 Å². The second-order valence-corrected chi connectivity index (χ2v) is 7.46. The van der Waals surface area contributed by atoms with Gasteiger partial charge in [-0.3, -0.25) is 9.59 Å². The first kappa shape index (κ1) is 18.0. The van der Waals surface area contributed by atoms with E-state index in [1.165, 1.54) is 0 Å². The molecule has 122 valence electrons. The molecule has 1 aliphatic heterocycles. The van der Waals surface area contributed by atoms with Gasteiger partial charge in [0.05, 0.1) is 5.54 Å². The molecule has 5 nitrogen and oxygen atoms in total. The maximum Gasteiger partial charge on any atom is 0.240 e. The number of piperidine rings is 1. The van der Waals surface area contributed by atoms with Crippen molar-refractivity contribution >= 4 is 11.8 Å². The highest BCUT2D eigenvalue weighted by Gasteiger charge is 2.33. The average molecular weight is 297 g/mol. The van der Waals surface area contributed by atoms with Crippen molar-refractivity contribution in [2.75, 3.05) is 13.1 Å². The van der Waals surface area contributed by atoms with Crippen molar-refractivity contribution in [3.05, 3.63) is 0 Å². The van der Waals surface area contributed by atoms with E-state index in [0.717, 1.165) is 19.3 Å². The van der Waals surface area contributed by atoms with Gasteiger partial charge in [-0.1, -0.05) is 34.1 Å². The topological polar surface area (TPSA) is 75.4 Å². The van der Waals surface area contributed by atoms with E-state index in [1.807, 2.05) is 32.6 Å². The van der Waals surface area contributed by atoms with E-state index >= 15 is 0 Å². The SMILES string of the molecule is CCCC(C)(N)C(=O)NC1CCN(C(=O)C(C)(C)C)CC1. The Hall–Kier alpha value is -1.10. The zero-order chi connectivity index (χ0) is 16.3. The van der Waals surface area contributed by atoms with Crippen LogP contribution in [0, 0.1) is 5.41 Å². The maximum atomic E-state index is 12.2. The number of amides is 2. The quantitative estimate of drug-likeness (QED) is 0.828. The molecule has 21 heavy (non-hydrogen) atoms. The third-order valence-electron chi connectivity index (χ3n) is 4.05. The number of carbonyl (C=O) groups excluding carboxylic acids is 2. The molecule has 1 fully saturated rings. The molecular formula is C16H31N3O2. The lowest BCUT2D eigenvalue weighted by Crippen LogP contribution is -2.56. The molecule has 5 heteroatoms. The lowest BCUT2D eigenvalue weighted by Gasteiger charge is -2.37. The van der Waals surface area contributed by atoms with Gasteiger partial charge in [-0.25, -0.2) is 0 Å². The standard InChI is InChI=1S/C16H31N3O2/c1-6-9-16(5,17)13(20)18-12-7-10-19(11-8-12)14(21)15(2,3)4/h12H,6-11,17H2,1-5H3,(H,18,20). The molecule has 0 aromatic rings. The smallest absolute Gasteiger partial charge is 0.240 e. The number of likely N-dealkylation sites (tertiary alicyclic amines) is 1. The first-order chi connectivity index (χ1) is 9.58. The fourth-order valence-corrected chi connectivity index (χ4v) is 2.68. The molecule has 0 spiro atoms. The molecule has 0 radical (unpaired) electrons. The Balaban J connectivity index is 2.47. The van der Waals surface area contributed by atoms with E-state index in [0.29, 0.717) is 19.5 Å². The van der Waals surface area contributed by atoms with Gasteiger partial charge in [-0.05, 0) is 26.2 Å². The van der Waals surface area contributed by atoms with E-state index in [4.69, 9.17) is 5.73 Å². The van der Waals surface area contributed by atoms with E-state index in [9.17, 15) is 9.59 Å². The Morgan fingerprint density at radius 3 is 2.14 bits per heavy atom. The highest BCUT2D eigenvalue weighted by Crippen LogP contribution is 2.21. The Kier molecular flexibility index (Phi) is 5.79. The molecule has 3 N–H and O–H groups in total. The molecule has 1 heterocycles. The number of hydrogen-bond donors (Lipinski definition) is 2. The van der Waals surface area contributed by atoms with Gasteiger partial charge in [0, 0.05) is 24.5 Å². The van der Waals surface area contributed by atoms with Crippen molar-refractivity contribution in [1.29, 1.82) is 0 Å². The average Bonchev–Trinajstić information content (AvgIpc) is 2.37. The summed E-state index contributed by atoms with van der Waals surface area (Å²) in [5.74, 6) is 0.104. The molecule has 0 aliphatic carbocycles. The Morgan fingerprint density at radius 1 is 1.19 bits per heavy atom. The van der Waals surface area contributed by atoms with Gasteiger partial charge in [-0.2, -0.15) is 0 Å². The lowest BCUT2D eigenvalue weighted by atomic mass is 9.92. The Labute approximate surface area is 128 Å². The Morgan fingerprint density at radius 2 is 1.71 bits per heavy atom. The fourth-order valence-electron chi connectivity index (χ4n) is 2.68. The molecular weight excluding hydrogens is 266 g/mol. The molecule has 1 rings (SSSR count). The highest BCUT2D eigenvalue weighted by atomic mass is 16.2. The second kappa shape index (κ2) is 6.77. The Bertz CT molecular complexity index is 377. The monoisotopic (exact) mass is 297 g/mol. The lowest BCUT2D eigenvalue weighted by molar-refractivity contribution is -0.140. The summed E-state index contributed by atoms with van der Waals surface area (Å²) in [5, 5.41) is 3.04. The maximum absolute atomic E-state index is 12.2. The molecule has 0 aromatic carbocycles. The van der Waals surface area contributed by atoms with Crippen molar-refractivity contribution in [3.8, 4) is 0 Å². The molecule has 1 atom stereocenters. The minimum Gasteiger partial charge on any atom is -0.352 e. The number of rotatable bonds is 4. The van der Waals surface area contributed by atoms with Crippen molar-refractivity contribution < 1.29 is 9.59 Å². The first-order valence-electron chi connectivity index (χ1n) is 7.97. The number of carbonyl (C=O) groups is 2. The van der Waals surface area contributed by atoms with E-state index in [2.05, 4.69) is 5.32 Å². The van der Waals surface area contributed by atoms with Gasteiger partial charge in [0.2, 0.25) is 11.8 Å². The molecule has 1 aliphatic rings.